The zero-order chi connectivity index (χ0) is 33.4. The van der Waals surface area contributed by atoms with E-state index in [2.05, 4.69) is 10.2 Å². The van der Waals surface area contributed by atoms with Crippen molar-refractivity contribution in [3.63, 3.8) is 0 Å². The average Bonchev–Trinajstić information content (AvgIpc) is 3.03. The number of benzene rings is 4. The Labute approximate surface area is 255 Å². The summed E-state index contributed by atoms with van der Waals surface area (Å²) in [5.74, 6) is -2.11. The van der Waals surface area contributed by atoms with Gasteiger partial charge in [-0.05, 0) is 35.4 Å². The molecule has 0 N–H and O–H groups in total. The molecule has 0 aliphatic rings. The van der Waals surface area contributed by atoms with E-state index in [-0.39, 0.29) is 11.5 Å². The Morgan fingerprint density at radius 3 is 1.15 bits per heavy atom. The fraction of sp³-hybridized carbons (Fsp3) is 0. The minimum absolute atomic E-state index is 0.00989. The van der Waals surface area contributed by atoms with Crippen LogP contribution in [0.5, 0.6) is 11.5 Å². The van der Waals surface area contributed by atoms with Crippen molar-refractivity contribution >= 4 is 47.1 Å². The van der Waals surface area contributed by atoms with Gasteiger partial charge in [-0.2, -0.15) is 10.2 Å². The van der Waals surface area contributed by atoms with Crippen molar-refractivity contribution in [2.75, 3.05) is 0 Å². The molecule has 0 bridgehead atoms. The van der Waals surface area contributed by atoms with Gasteiger partial charge in [-0.1, -0.05) is 24.3 Å². The normalized spacial score (nSPS) is 10.9. The van der Waals surface area contributed by atoms with Gasteiger partial charge < -0.3 is 9.47 Å². The first-order valence-electron chi connectivity index (χ1n) is 12.5. The quantitative estimate of drug-likeness (QED) is 0.0682. The maximum atomic E-state index is 12.5. The fourth-order valence-electron chi connectivity index (χ4n) is 3.70. The SMILES string of the molecule is O=C(Oc1cccc(/C=N/N=C/c2cccc(OC(=O)c3cc([N+](=O)[O-])cc([N+](=O)[O-])c3)c2)c1)c1cc([N+](=O)[O-])cc([N+](=O)[O-])c1. The standard InChI is InChI=1S/C28H16N6O12/c35-27(19-9-21(31(37)38)13-22(10-19)32(39)40)45-25-5-1-3-17(7-25)15-29-30-16-18-4-2-6-26(8-18)46-28(36)20-11-23(33(41)42)14-24(12-20)34(43)44/h1-16H/b29-15+,30-16+. The molecule has 0 aliphatic carbocycles. The number of carbonyl (C=O) groups excluding carboxylic acids is 2. The summed E-state index contributed by atoms with van der Waals surface area (Å²) in [5, 5.41) is 52.1. The van der Waals surface area contributed by atoms with Crippen LogP contribution in [-0.4, -0.2) is 44.1 Å². The Balaban J connectivity index is 1.42. The first-order chi connectivity index (χ1) is 21.9. The zero-order valence-corrected chi connectivity index (χ0v) is 22.8. The van der Waals surface area contributed by atoms with Crippen LogP contribution in [0, 0.1) is 40.5 Å². The van der Waals surface area contributed by atoms with Gasteiger partial charge in [0.25, 0.3) is 22.7 Å². The van der Waals surface area contributed by atoms with E-state index in [1.54, 1.807) is 12.1 Å². The Hall–Kier alpha value is -7.24. The molecular weight excluding hydrogens is 612 g/mol. The number of esters is 2. The molecule has 4 aromatic rings. The van der Waals surface area contributed by atoms with Crippen molar-refractivity contribution in [3.8, 4) is 11.5 Å². The molecular formula is C28H16N6O12. The first-order valence-corrected chi connectivity index (χ1v) is 12.5. The summed E-state index contributed by atoms with van der Waals surface area (Å²) in [6, 6.07) is 16.6. The van der Waals surface area contributed by atoms with Gasteiger partial charge in [-0.3, -0.25) is 40.5 Å². The van der Waals surface area contributed by atoms with Gasteiger partial charge in [0.15, 0.2) is 0 Å². The lowest BCUT2D eigenvalue weighted by atomic mass is 10.1. The zero-order valence-electron chi connectivity index (χ0n) is 22.8. The third-order valence-electron chi connectivity index (χ3n) is 5.74. The van der Waals surface area contributed by atoms with Crippen molar-refractivity contribution in [3.05, 3.63) is 148 Å². The number of nitro groups is 4. The Morgan fingerprint density at radius 1 is 0.522 bits per heavy atom. The second-order valence-electron chi connectivity index (χ2n) is 8.92. The predicted octanol–water partition coefficient (Wildman–Crippen LogP) is 5.21. The third-order valence-corrected chi connectivity index (χ3v) is 5.74. The predicted molar refractivity (Wildman–Crippen MR) is 157 cm³/mol. The molecule has 0 heterocycles. The molecule has 0 aromatic heterocycles. The number of ether oxygens (including phenoxy) is 2. The topological polar surface area (TPSA) is 250 Å². The lowest BCUT2D eigenvalue weighted by Crippen LogP contribution is -2.10. The highest BCUT2D eigenvalue weighted by atomic mass is 16.6. The maximum Gasteiger partial charge on any atom is 0.344 e. The van der Waals surface area contributed by atoms with Crippen LogP contribution in [0.4, 0.5) is 22.7 Å². The second-order valence-corrected chi connectivity index (χ2v) is 8.92. The highest BCUT2D eigenvalue weighted by Crippen LogP contribution is 2.25. The molecule has 4 rings (SSSR count). The van der Waals surface area contributed by atoms with Crippen LogP contribution >= 0.6 is 0 Å². The molecule has 0 amide bonds. The molecule has 18 heteroatoms. The first kappa shape index (κ1) is 31.7. The minimum atomic E-state index is -1.07. The summed E-state index contributed by atoms with van der Waals surface area (Å²) in [5.41, 5.74) is -2.58. The van der Waals surface area contributed by atoms with E-state index in [0.717, 1.165) is 24.3 Å². The Kier molecular flexibility index (Phi) is 9.52. The van der Waals surface area contributed by atoms with Crippen LogP contribution in [0.3, 0.4) is 0 Å². The van der Waals surface area contributed by atoms with E-state index in [4.69, 9.17) is 9.47 Å². The smallest absolute Gasteiger partial charge is 0.344 e. The fourth-order valence-corrected chi connectivity index (χ4v) is 3.70. The third kappa shape index (κ3) is 8.19. The van der Waals surface area contributed by atoms with Crippen molar-refractivity contribution in [1.29, 1.82) is 0 Å². The maximum absolute atomic E-state index is 12.5. The number of nitro benzene ring substituents is 4. The Bertz CT molecular complexity index is 1770. The van der Waals surface area contributed by atoms with Crippen LogP contribution in [-0.2, 0) is 0 Å². The molecule has 18 nitrogen and oxygen atoms in total. The summed E-state index contributed by atoms with van der Waals surface area (Å²) in [7, 11) is 0. The van der Waals surface area contributed by atoms with Crippen molar-refractivity contribution in [2.24, 2.45) is 10.2 Å². The van der Waals surface area contributed by atoms with E-state index < -0.39 is 65.5 Å². The number of hydrogen-bond acceptors (Lipinski definition) is 14. The van der Waals surface area contributed by atoms with Crippen molar-refractivity contribution < 1.29 is 38.8 Å². The highest BCUT2D eigenvalue weighted by molar-refractivity contribution is 5.94. The molecule has 0 unspecified atom stereocenters. The number of carbonyl (C=O) groups is 2. The molecule has 4 aromatic carbocycles. The van der Waals surface area contributed by atoms with Crippen LogP contribution in [0.1, 0.15) is 31.8 Å². The lowest BCUT2D eigenvalue weighted by Gasteiger charge is -2.05. The van der Waals surface area contributed by atoms with Crippen LogP contribution in [0.25, 0.3) is 0 Å². The van der Waals surface area contributed by atoms with Gasteiger partial charge in [0.2, 0.25) is 0 Å². The molecule has 0 saturated carbocycles. The monoisotopic (exact) mass is 628 g/mol. The van der Waals surface area contributed by atoms with E-state index in [9.17, 15) is 50.0 Å². The largest absolute Gasteiger partial charge is 0.423 e. The summed E-state index contributed by atoms with van der Waals surface area (Å²) in [6.45, 7) is 0. The van der Waals surface area contributed by atoms with Crippen molar-refractivity contribution in [1.82, 2.24) is 0 Å². The summed E-state index contributed by atoms with van der Waals surface area (Å²) >= 11 is 0. The van der Waals surface area contributed by atoms with E-state index in [1.807, 2.05) is 0 Å². The van der Waals surface area contributed by atoms with Gasteiger partial charge in [0.1, 0.15) is 11.5 Å². The molecule has 0 aliphatic heterocycles. The van der Waals surface area contributed by atoms with Crippen LogP contribution in [0.2, 0.25) is 0 Å². The van der Waals surface area contributed by atoms with Gasteiger partial charge in [-0.15, -0.1) is 0 Å². The lowest BCUT2D eigenvalue weighted by molar-refractivity contribution is -0.394. The molecule has 0 saturated heterocycles. The van der Waals surface area contributed by atoms with Gasteiger partial charge in [-0.25, -0.2) is 9.59 Å². The van der Waals surface area contributed by atoms with Crippen LogP contribution in [0.15, 0.2) is 95.1 Å². The summed E-state index contributed by atoms with van der Waals surface area (Å²) < 4.78 is 10.4. The number of rotatable bonds is 11. The molecule has 0 atom stereocenters. The average molecular weight is 628 g/mol. The molecule has 46 heavy (non-hydrogen) atoms. The summed E-state index contributed by atoms with van der Waals surface area (Å²) in [4.78, 5) is 65.9. The number of nitrogens with zero attached hydrogens (tertiary/aromatic N) is 6. The van der Waals surface area contributed by atoms with E-state index in [0.29, 0.717) is 23.3 Å². The number of hydrogen-bond donors (Lipinski definition) is 0. The minimum Gasteiger partial charge on any atom is -0.423 e. The molecule has 0 spiro atoms. The summed E-state index contributed by atoms with van der Waals surface area (Å²) in [6.07, 6.45) is 2.59. The molecule has 0 fully saturated rings. The van der Waals surface area contributed by atoms with Crippen molar-refractivity contribution in [2.45, 2.75) is 0 Å². The van der Waals surface area contributed by atoms with Gasteiger partial charge >= 0.3 is 11.9 Å². The molecule has 0 radical (unpaired) electrons. The molecule has 230 valence electrons. The number of non-ortho nitro benzene ring substituents is 4. The highest BCUT2D eigenvalue weighted by Gasteiger charge is 2.22. The van der Waals surface area contributed by atoms with Gasteiger partial charge in [0, 0.05) is 24.3 Å². The van der Waals surface area contributed by atoms with Gasteiger partial charge in [0.05, 0.1) is 55.4 Å². The van der Waals surface area contributed by atoms with Crippen LogP contribution < -0.4 is 9.47 Å². The van der Waals surface area contributed by atoms with E-state index >= 15 is 0 Å². The Morgan fingerprint density at radius 2 is 0.848 bits per heavy atom. The second kappa shape index (κ2) is 13.8. The van der Waals surface area contributed by atoms with E-state index in [1.165, 1.54) is 48.8 Å².